The predicted octanol–water partition coefficient (Wildman–Crippen LogP) is 3.57. The molecule has 26 heavy (non-hydrogen) atoms. The second kappa shape index (κ2) is 6.97. The van der Waals surface area contributed by atoms with Gasteiger partial charge < -0.3 is 19.7 Å². The minimum atomic E-state index is -0.543. The Kier molecular flexibility index (Phi) is 4.89. The topological polar surface area (TPSA) is 67.9 Å². The number of ether oxygens (including phenoxy) is 2. The van der Waals surface area contributed by atoms with E-state index in [9.17, 15) is 14.0 Å². The van der Waals surface area contributed by atoms with Gasteiger partial charge in [0.1, 0.15) is 5.60 Å². The molecule has 1 fully saturated rings. The lowest BCUT2D eigenvalue weighted by atomic mass is 10.0. The molecule has 0 radical (unpaired) electrons. The number of carbonyl (C=O) groups excluding carboxylic acids is 2. The van der Waals surface area contributed by atoms with Crippen molar-refractivity contribution in [1.29, 1.82) is 0 Å². The van der Waals surface area contributed by atoms with Gasteiger partial charge in [-0.3, -0.25) is 4.79 Å². The van der Waals surface area contributed by atoms with Gasteiger partial charge in [0.2, 0.25) is 0 Å². The average molecular weight is 362 g/mol. The zero-order valence-corrected chi connectivity index (χ0v) is 15.2. The zero-order valence-electron chi connectivity index (χ0n) is 15.2. The van der Waals surface area contributed by atoms with E-state index in [1.165, 1.54) is 6.07 Å². The van der Waals surface area contributed by atoms with Crippen molar-refractivity contribution in [2.24, 2.45) is 0 Å². The monoisotopic (exact) mass is 362 g/mol. The zero-order chi connectivity index (χ0) is 18.9. The highest BCUT2D eigenvalue weighted by Gasteiger charge is 2.25. The largest absolute Gasteiger partial charge is 0.478 e. The standard InChI is InChI=1S/C19H23FN2O4/c1-19(2,3)26-18(24)22-6-4-5-12(10-22)7-13-8-14(20)17-15(9-13)21-16(23)11-25-17/h7-9H,4-6,10-11H2,1-3H3,(H,21,23). The highest BCUT2D eigenvalue weighted by atomic mass is 19.1. The third kappa shape index (κ3) is 4.33. The first-order valence-electron chi connectivity index (χ1n) is 8.65. The van der Waals surface area contributed by atoms with Crippen molar-refractivity contribution < 1.29 is 23.5 Å². The van der Waals surface area contributed by atoms with E-state index in [4.69, 9.17) is 9.47 Å². The number of fused-ring (bicyclic) bond motifs is 1. The quantitative estimate of drug-likeness (QED) is 0.829. The van der Waals surface area contributed by atoms with Crippen LogP contribution in [-0.4, -0.2) is 42.2 Å². The van der Waals surface area contributed by atoms with Crippen molar-refractivity contribution in [1.82, 2.24) is 4.90 Å². The lowest BCUT2D eigenvalue weighted by Gasteiger charge is -2.31. The molecule has 7 heteroatoms. The molecule has 6 nitrogen and oxygen atoms in total. The van der Waals surface area contributed by atoms with E-state index in [0.717, 1.165) is 18.4 Å². The Bertz CT molecular complexity index is 768. The summed E-state index contributed by atoms with van der Waals surface area (Å²) in [6, 6.07) is 3.05. The Morgan fingerprint density at radius 3 is 2.88 bits per heavy atom. The smallest absolute Gasteiger partial charge is 0.410 e. The Morgan fingerprint density at radius 1 is 1.38 bits per heavy atom. The van der Waals surface area contributed by atoms with E-state index >= 15 is 0 Å². The van der Waals surface area contributed by atoms with Crippen molar-refractivity contribution in [3.8, 4) is 5.75 Å². The summed E-state index contributed by atoms with van der Waals surface area (Å²) in [7, 11) is 0. The van der Waals surface area contributed by atoms with Crippen LogP contribution >= 0.6 is 0 Å². The van der Waals surface area contributed by atoms with Gasteiger partial charge in [-0.25, -0.2) is 9.18 Å². The fourth-order valence-corrected chi connectivity index (χ4v) is 3.00. The Morgan fingerprint density at radius 2 is 2.15 bits per heavy atom. The van der Waals surface area contributed by atoms with Crippen LogP contribution in [-0.2, 0) is 9.53 Å². The van der Waals surface area contributed by atoms with Crippen LogP contribution in [0.4, 0.5) is 14.9 Å². The molecule has 3 rings (SSSR count). The van der Waals surface area contributed by atoms with E-state index in [2.05, 4.69) is 5.32 Å². The molecule has 0 unspecified atom stereocenters. The maximum atomic E-state index is 14.2. The predicted molar refractivity (Wildman–Crippen MR) is 95.5 cm³/mol. The molecule has 0 bridgehead atoms. The molecule has 0 aromatic heterocycles. The minimum absolute atomic E-state index is 0.0609. The number of halogens is 1. The van der Waals surface area contributed by atoms with Gasteiger partial charge in [0.05, 0.1) is 5.69 Å². The van der Waals surface area contributed by atoms with E-state index in [1.807, 2.05) is 26.8 Å². The molecule has 0 aliphatic carbocycles. The van der Waals surface area contributed by atoms with Crippen LogP contribution in [0.3, 0.4) is 0 Å². The van der Waals surface area contributed by atoms with Crippen LogP contribution in [0.1, 0.15) is 39.2 Å². The van der Waals surface area contributed by atoms with Crippen molar-refractivity contribution in [3.05, 3.63) is 29.1 Å². The van der Waals surface area contributed by atoms with Crippen molar-refractivity contribution >= 4 is 23.8 Å². The molecule has 2 heterocycles. The summed E-state index contributed by atoms with van der Waals surface area (Å²) in [5, 5.41) is 2.61. The number of piperidine rings is 1. The lowest BCUT2D eigenvalue weighted by molar-refractivity contribution is -0.118. The maximum Gasteiger partial charge on any atom is 0.410 e. The van der Waals surface area contributed by atoms with E-state index < -0.39 is 11.4 Å². The molecule has 1 saturated heterocycles. The van der Waals surface area contributed by atoms with E-state index in [1.54, 1.807) is 11.0 Å². The number of hydrogen-bond donors (Lipinski definition) is 1. The first kappa shape index (κ1) is 18.2. The molecule has 0 spiro atoms. The van der Waals surface area contributed by atoms with Gasteiger partial charge in [-0.2, -0.15) is 0 Å². The first-order chi connectivity index (χ1) is 12.2. The minimum Gasteiger partial charge on any atom is -0.478 e. The molecule has 0 saturated carbocycles. The molecule has 2 aliphatic heterocycles. The molecule has 1 N–H and O–H groups in total. The molecule has 140 valence electrons. The van der Waals surface area contributed by atoms with Crippen LogP contribution < -0.4 is 10.1 Å². The summed E-state index contributed by atoms with van der Waals surface area (Å²) in [5.74, 6) is -0.768. The number of rotatable bonds is 1. The van der Waals surface area contributed by atoms with Crippen molar-refractivity contribution in [3.63, 3.8) is 0 Å². The number of amides is 2. The third-order valence-electron chi connectivity index (χ3n) is 4.03. The van der Waals surface area contributed by atoms with Gasteiger partial charge in [-0.15, -0.1) is 0 Å². The number of benzene rings is 1. The highest BCUT2D eigenvalue weighted by molar-refractivity contribution is 5.95. The Balaban J connectivity index is 1.77. The maximum absolute atomic E-state index is 14.2. The van der Waals surface area contributed by atoms with Gasteiger partial charge in [0.15, 0.2) is 18.2 Å². The Labute approximate surface area is 151 Å². The fraction of sp³-hybridized carbons (Fsp3) is 0.474. The van der Waals surface area contributed by atoms with E-state index in [-0.39, 0.29) is 24.4 Å². The van der Waals surface area contributed by atoms with Gasteiger partial charge in [0, 0.05) is 13.1 Å². The number of hydrogen-bond acceptors (Lipinski definition) is 4. The van der Waals surface area contributed by atoms with Crippen LogP contribution in [0.25, 0.3) is 6.08 Å². The van der Waals surface area contributed by atoms with Gasteiger partial charge in [-0.05, 0) is 51.3 Å². The molecular formula is C19H23FN2O4. The summed E-state index contributed by atoms with van der Waals surface area (Å²) in [5.41, 5.74) is 1.41. The summed E-state index contributed by atoms with van der Waals surface area (Å²) >= 11 is 0. The van der Waals surface area contributed by atoms with Crippen molar-refractivity contribution in [2.75, 3.05) is 25.0 Å². The number of likely N-dealkylation sites (tertiary alicyclic amines) is 1. The van der Waals surface area contributed by atoms with Gasteiger partial charge in [0.25, 0.3) is 5.91 Å². The number of carbonyl (C=O) groups is 2. The second-order valence-corrected chi connectivity index (χ2v) is 7.52. The van der Waals surface area contributed by atoms with Crippen molar-refractivity contribution in [2.45, 2.75) is 39.2 Å². The summed E-state index contributed by atoms with van der Waals surface area (Å²) in [4.78, 5) is 25.3. The second-order valence-electron chi connectivity index (χ2n) is 7.52. The van der Waals surface area contributed by atoms with Crippen LogP contribution in [0.5, 0.6) is 5.75 Å². The SMILES string of the molecule is CC(C)(C)OC(=O)N1CCCC(=Cc2cc(F)c3c(c2)NC(=O)CO3)C1. The Hall–Kier alpha value is -2.57. The summed E-state index contributed by atoms with van der Waals surface area (Å²) in [6.07, 6.45) is 3.14. The first-order valence-corrected chi connectivity index (χ1v) is 8.65. The number of nitrogens with one attached hydrogen (secondary N) is 1. The highest BCUT2D eigenvalue weighted by Crippen LogP contribution is 2.33. The summed E-state index contributed by atoms with van der Waals surface area (Å²) in [6.45, 7) is 6.38. The average Bonchev–Trinajstić information content (AvgIpc) is 2.53. The molecule has 1 aromatic carbocycles. The molecular weight excluding hydrogens is 339 g/mol. The van der Waals surface area contributed by atoms with E-state index in [0.29, 0.717) is 24.3 Å². The fourth-order valence-electron chi connectivity index (χ4n) is 3.00. The van der Waals surface area contributed by atoms with Crippen LogP contribution in [0.15, 0.2) is 17.7 Å². The number of anilines is 1. The molecule has 2 amide bonds. The molecule has 2 aliphatic rings. The lowest BCUT2D eigenvalue weighted by Crippen LogP contribution is -2.40. The van der Waals surface area contributed by atoms with Crippen LogP contribution in [0.2, 0.25) is 0 Å². The van der Waals surface area contributed by atoms with Gasteiger partial charge in [-0.1, -0.05) is 11.6 Å². The third-order valence-corrected chi connectivity index (χ3v) is 4.03. The molecule has 1 aromatic rings. The summed E-state index contributed by atoms with van der Waals surface area (Å²) < 4.78 is 24.8. The number of nitrogens with zero attached hydrogens (tertiary/aromatic N) is 1. The normalized spacial score (nSPS) is 18.8. The van der Waals surface area contributed by atoms with Gasteiger partial charge >= 0.3 is 6.09 Å². The molecule has 0 atom stereocenters. The van der Waals surface area contributed by atoms with Crippen LogP contribution in [0, 0.1) is 5.82 Å².